The normalized spacial score (nSPS) is 10.7. The third-order valence-electron chi connectivity index (χ3n) is 1.86. The van der Waals surface area contributed by atoms with E-state index in [0.29, 0.717) is 15.6 Å². The lowest BCUT2D eigenvalue weighted by Gasteiger charge is -1.93. The van der Waals surface area contributed by atoms with E-state index in [9.17, 15) is 10.3 Å². The van der Waals surface area contributed by atoms with Gasteiger partial charge in [-0.3, -0.25) is 0 Å². The molecule has 4 heteroatoms. The van der Waals surface area contributed by atoms with Crippen molar-refractivity contribution in [2.75, 3.05) is 5.73 Å². The lowest BCUT2D eigenvalue weighted by atomic mass is 10.2. The van der Waals surface area contributed by atoms with E-state index in [1.54, 1.807) is 24.3 Å². The summed E-state index contributed by atoms with van der Waals surface area (Å²) in [6.07, 6.45) is 0. The molecule has 0 saturated carbocycles. The van der Waals surface area contributed by atoms with Crippen molar-refractivity contribution in [2.45, 2.75) is 0 Å². The van der Waals surface area contributed by atoms with Crippen LogP contribution >= 0.6 is 0 Å². The van der Waals surface area contributed by atoms with Gasteiger partial charge >= 0.3 is 0 Å². The largest absolute Gasteiger partial charge is 0.491 e. The molecule has 12 heavy (non-hydrogen) atoms. The lowest BCUT2D eigenvalue weighted by Crippen LogP contribution is -1.88. The number of fused-ring (bicyclic) bond motifs is 1. The molecule has 1 aromatic heterocycles. The first-order valence-corrected chi connectivity index (χ1v) is 3.49. The van der Waals surface area contributed by atoms with Crippen molar-refractivity contribution in [3.8, 4) is 5.88 Å². The zero-order valence-electron chi connectivity index (χ0n) is 6.23. The summed E-state index contributed by atoms with van der Waals surface area (Å²) >= 11 is 0. The number of nitrogens with zero attached hydrogens (tertiary/aromatic N) is 1. The van der Waals surface area contributed by atoms with Crippen LogP contribution in [0.5, 0.6) is 5.88 Å². The maximum atomic E-state index is 9.27. The minimum atomic E-state index is -0.309. The summed E-state index contributed by atoms with van der Waals surface area (Å²) in [6.45, 7) is 0. The summed E-state index contributed by atoms with van der Waals surface area (Å²) in [5, 5.41) is 19.1. The number of benzene rings is 1. The summed E-state index contributed by atoms with van der Waals surface area (Å²) in [5.74, 6) is -0.309. The molecule has 0 spiro atoms. The number of para-hydroxylation sites is 1. The summed E-state index contributed by atoms with van der Waals surface area (Å²) in [6, 6.07) is 6.95. The van der Waals surface area contributed by atoms with Crippen LogP contribution in [0.2, 0.25) is 0 Å². The minimum absolute atomic E-state index is 0.202. The summed E-state index contributed by atoms with van der Waals surface area (Å²) in [4.78, 5) is 0. The van der Waals surface area contributed by atoms with Crippen molar-refractivity contribution in [1.29, 1.82) is 0 Å². The van der Waals surface area contributed by atoms with E-state index < -0.39 is 0 Å². The maximum absolute atomic E-state index is 9.27. The number of hydrogen-bond acceptors (Lipinski definition) is 3. The van der Waals surface area contributed by atoms with Crippen LogP contribution in [0.25, 0.3) is 10.9 Å². The van der Waals surface area contributed by atoms with Crippen LogP contribution in [-0.2, 0) is 0 Å². The first-order chi connectivity index (χ1) is 5.72. The summed E-state index contributed by atoms with van der Waals surface area (Å²) < 4.78 is 0.671. The Morgan fingerprint density at radius 3 is 2.58 bits per heavy atom. The molecule has 0 radical (unpaired) electrons. The van der Waals surface area contributed by atoms with Gasteiger partial charge in [-0.25, -0.2) is 0 Å². The van der Waals surface area contributed by atoms with Crippen LogP contribution in [0, 0.1) is 0 Å². The molecule has 0 fully saturated rings. The molecule has 1 aromatic carbocycles. The van der Waals surface area contributed by atoms with E-state index >= 15 is 0 Å². The van der Waals surface area contributed by atoms with Gasteiger partial charge in [0.05, 0.1) is 5.52 Å². The highest BCUT2D eigenvalue weighted by Gasteiger charge is 2.11. The Hall–Kier alpha value is -1.84. The summed E-state index contributed by atoms with van der Waals surface area (Å²) in [5.41, 5.74) is 6.22. The first-order valence-electron chi connectivity index (χ1n) is 3.49. The molecule has 0 amide bonds. The molecule has 0 saturated heterocycles. The number of aromatic nitrogens is 1. The third-order valence-corrected chi connectivity index (χ3v) is 1.86. The number of aromatic hydroxyl groups is 1. The molecular weight excluding hydrogens is 156 g/mol. The van der Waals surface area contributed by atoms with Gasteiger partial charge in [-0.05, 0) is 6.07 Å². The smallest absolute Gasteiger partial charge is 0.249 e. The Bertz CT molecular complexity index is 395. The maximum Gasteiger partial charge on any atom is 0.249 e. The van der Waals surface area contributed by atoms with E-state index in [2.05, 4.69) is 0 Å². The molecule has 0 aliphatic heterocycles. The molecule has 2 aromatic rings. The standard InChI is InChI=1S/C8H8N2O2/c9-7-5-3-1-2-4-6(5)10(12)8(7)11/h1-4,11-12H,9H2. The summed E-state index contributed by atoms with van der Waals surface area (Å²) in [7, 11) is 0. The number of hydrogen-bond donors (Lipinski definition) is 3. The average Bonchev–Trinajstić information content (AvgIpc) is 2.33. The van der Waals surface area contributed by atoms with Crippen LogP contribution in [0.4, 0.5) is 5.69 Å². The average molecular weight is 164 g/mol. The topological polar surface area (TPSA) is 71.4 Å². The molecule has 4 nitrogen and oxygen atoms in total. The second-order valence-corrected chi connectivity index (χ2v) is 2.57. The number of rotatable bonds is 0. The van der Waals surface area contributed by atoms with Crippen LogP contribution in [0.1, 0.15) is 0 Å². The highest BCUT2D eigenvalue weighted by Crippen LogP contribution is 2.31. The van der Waals surface area contributed by atoms with Crippen molar-refractivity contribution in [3.63, 3.8) is 0 Å². The molecule has 4 N–H and O–H groups in total. The van der Waals surface area contributed by atoms with Gasteiger partial charge in [0.25, 0.3) is 0 Å². The Labute approximate surface area is 68.4 Å². The van der Waals surface area contributed by atoms with E-state index in [4.69, 9.17) is 5.73 Å². The predicted molar refractivity (Wildman–Crippen MR) is 45.2 cm³/mol. The third kappa shape index (κ3) is 0.661. The highest BCUT2D eigenvalue weighted by molar-refractivity contribution is 5.94. The van der Waals surface area contributed by atoms with Gasteiger partial charge in [0, 0.05) is 5.39 Å². The van der Waals surface area contributed by atoms with Crippen LogP contribution in [0.3, 0.4) is 0 Å². The van der Waals surface area contributed by atoms with E-state index in [-0.39, 0.29) is 11.6 Å². The number of nitrogen functional groups attached to an aromatic ring is 1. The molecule has 1 heterocycles. The van der Waals surface area contributed by atoms with Crippen LogP contribution in [-0.4, -0.2) is 15.0 Å². The van der Waals surface area contributed by atoms with E-state index in [1.165, 1.54) is 0 Å². The Balaban J connectivity index is 2.99. The SMILES string of the molecule is Nc1c(O)n(O)c2ccccc12. The Morgan fingerprint density at radius 1 is 1.25 bits per heavy atom. The highest BCUT2D eigenvalue weighted by atomic mass is 16.5. The monoisotopic (exact) mass is 164 g/mol. The van der Waals surface area contributed by atoms with Crippen LogP contribution in [0.15, 0.2) is 24.3 Å². The van der Waals surface area contributed by atoms with Crippen molar-refractivity contribution >= 4 is 16.6 Å². The zero-order chi connectivity index (χ0) is 8.72. The van der Waals surface area contributed by atoms with Gasteiger partial charge in [-0.15, -0.1) is 4.73 Å². The van der Waals surface area contributed by atoms with Gasteiger partial charge < -0.3 is 16.0 Å². The first kappa shape index (κ1) is 6.84. The Morgan fingerprint density at radius 2 is 1.92 bits per heavy atom. The molecule has 0 aliphatic carbocycles. The lowest BCUT2D eigenvalue weighted by molar-refractivity contribution is 0.168. The molecule has 62 valence electrons. The van der Waals surface area contributed by atoms with Crippen molar-refractivity contribution in [2.24, 2.45) is 0 Å². The zero-order valence-corrected chi connectivity index (χ0v) is 6.23. The fourth-order valence-electron chi connectivity index (χ4n) is 1.23. The van der Waals surface area contributed by atoms with Gasteiger partial charge in [0.1, 0.15) is 5.69 Å². The van der Waals surface area contributed by atoms with Gasteiger partial charge in [-0.1, -0.05) is 18.2 Å². The second kappa shape index (κ2) is 2.07. The van der Waals surface area contributed by atoms with Crippen molar-refractivity contribution < 1.29 is 10.3 Å². The van der Waals surface area contributed by atoms with Crippen LogP contribution < -0.4 is 5.73 Å². The molecule has 0 atom stereocenters. The van der Waals surface area contributed by atoms with E-state index in [0.717, 1.165) is 0 Å². The molecular formula is C8H8N2O2. The molecule has 0 unspecified atom stereocenters. The number of anilines is 1. The van der Waals surface area contributed by atoms with Gasteiger partial charge in [0.15, 0.2) is 0 Å². The van der Waals surface area contributed by atoms with Crippen molar-refractivity contribution in [1.82, 2.24) is 4.73 Å². The predicted octanol–water partition coefficient (Wildman–Crippen LogP) is 1.17. The fraction of sp³-hybridized carbons (Fsp3) is 0. The minimum Gasteiger partial charge on any atom is -0.491 e. The van der Waals surface area contributed by atoms with Crippen molar-refractivity contribution in [3.05, 3.63) is 24.3 Å². The second-order valence-electron chi connectivity index (χ2n) is 2.57. The number of nitrogens with two attached hydrogens (primary N) is 1. The molecule has 0 bridgehead atoms. The molecule has 0 aliphatic rings. The van der Waals surface area contributed by atoms with E-state index in [1.807, 2.05) is 0 Å². The van der Waals surface area contributed by atoms with Gasteiger partial charge in [0.2, 0.25) is 5.88 Å². The Kier molecular flexibility index (Phi) is 1.18. The van der Waals surface area contributed by atoms with Gasteiger partial charge in [-0.2, -0.15) is 0 Å². The molecule has 2 rings (SSSR count). The fourth-order valence-corrected chi connectivity index (χ4v) is 1.23. The quantitative estimate of drug-likeness (QED) is 0.512.